The third kappa shape index (κ3) is 4.47. The van der Waals surface area contributed by atoms with Crippen molar-refractivity contribution in [3.63, 3.8) is 0 Å². The summed E-state index contributed by atoms with van der Waals surface area (Å²) >= 11 is 1.68. The smallest absolute Gasteiger partial charge is 0.243 e. The Labute approximate surface area is 176 Å². The highest BCUT2D eigenvalue weighted by molar-refractivity contribution is 7.98. The number of hydrogen-bond acceptors (Lipinski definition) is 4. The molecule has 0 aliphatic heterocycles. The van der Waals surface area contributed by atoms with E-state index in [4.69, 9.17) is 4.98 Å². The van der Waals surface area contributed by atoms with Crippen LogP contribution in [0, 0.1) is 6.92 Å². The molecule has 0 bridgehead atoms. The number of aromatic nitrogens is 3. The summed E-state index contributed by atoms with van der Waals surface area (Å²) in [6.07, 6.45) is 8.88. The molecule has 1 aliphatic carbocycles. The zero-order valence-corrected chi connectivity index (χ0v) is 17.9. The van der Waals surface area contributed by atoms with E-state index in [1.807, 2.05) is 12.3 Å². The number of fused-ring (bicyclic) bond motifs is 1. The number of hydrogen-bond donors (Lipinski definition) is 1. The van der Waals surface area contributed by atoms with Gasteiger partial charge in [0.1, 0.15) is 6.04 Å². The van der Waals surface area contributed by atoms with Gasteiger partial charge in [-0.05, 0) is 37.8 Å². The Morgan fingerprint density at radius 3 is 2.72 bits per heavy atom. The average molecular weight is 409 g/mol. The van der Waals surface area contributed by atoms with E-state index in [1.165, 1.54) is 24.0 Å². The van der Waals surface area contributed by atoms with Crippen LogP contribution in [-0.4, -0.2) is 26.5 Å². The fourth-order valence-electron chi connectivity index (χ4n) is 4.01. The van der Waals surface area contributed by atoms with Gasteiger partial charge in [-0.3, -0.25) is 9.78 Å². The number of nitrogens with zero attached hydrogens (tertiary/aromatic N) is 3. The van der Waals surface area contributed by atoms with Crippen molar-refractivity contribution in [3.8, 4) is 0 Å². The number of carbonyl (C=O) groups excluding carboxylic acids is 1. The number of pyridine rings is 1. The van der Waals surface area contributed by atoms with Gasteiger partial charge >= 0.3 is 0 Å². The van der Waals surface area contributed by atoms with Crippen LogP contribution in [0.5, 0.6) is 0 Å². The van der Waals surface area contributed by atoms with Crippen LogP contribution in [0.25, 0.3) is 11.0 Å². The first-order valence-corrected chi connectivity index (χ1v) is 11.4. The molecule has 3 aromatic rings. The van der Waals surface area contributed by atoms with E-state index in [1.54, 1.807) is 18.0 Å². The Morgan fingerprint density at radius 2 is 2.00 bits per heavy atom. The molecule has 1 aromatic carbocycles. The van der Waals surface area contributed by atoms with E-state index in [0.29, 0.717) is 6.04 Å². The monoisotopic (exact) mass is 408 g/mol. The predicted octanol–water partition coefficient (Wildman–Crippen LogP) is 5.04. The van der Waals surface area contributed by atoms with Crippen LogP contribution >= 0.6 is 11.8 Å². The Hall–Kier alpha value is -2.34. The zero-order chi connectivity index (χ0) is 20.2. The van der Waals surface area contributed by atoms with Gasteiger partial charge in [0.15, 0.2) is 5.16 Å². The van der Waals surface area contributed by atoms with Gasteiger partial charge in [0.25, 0.3) is 0 Å². The molecule has 0 saturated heterocycles. The lowest BCUT2D eigenvalue weighted by Crippen LogP contribution is -2.38. The largest absolute Gasteiger partial charge is 0.352 e. The second-order valence-electron chi connectivity index (χ2n) is 7.82. The van der Waals surface area contributed by atoms with Crippen LogP contribution in [0.3, 0.4) is 0 Å². The normalized spacial score (nSPS) is 15.7. The van der Waals surface area contributed by atoms with Crippen molar-refractivity contribution < 1.29 is 4.79 Å². The Morgan fingerprint density at radius 1 is 1.24 bits per heavy atom. The number of imidazole rings is 1. The van der Waals surface area contributed by atoms with Gasteiger partial charge in [-0.2, -0.15) is 0 Å². The topological polar surface area (TPSA) is 59.8 Å². The SMILES string of the molecule is CC[C@@H](C(=O)NC1CCCC1)n1c(SCc2ccc(C)cc2)nc2ccncc21. The maximum absolute atomic E-state index is 13.1. The molecule has 1 amide bonds. The highest BCUT2D eigenvalue weighted by atomic mass is 32.2. The molecule has 2 aromatic heterocycles. The second-order valence-corrected chi connectivity index (χ2v) is 8.76. The summed E-state index contributed by atoms with van der Waals surface area (Å²) in [5.41, 5.74) is 4.32. The van der Waals surface area contributed by atoms with E-state index in [2.05, 4.69) is 53.0 Å². The van der Waals surface area contributed by atoms with Crippen molar-refractivity contribution in [1.29, 1.82) is 0 Å². The fourth-order valence-corrected chi connectivity index (χ4v) is 5.02. The lowest BCUT2D eigenvalue weighted by molar-refractivity contribution is -0.125. The van der Waals surface area contributed by atoms with Gasteiger partial charge < -0.3 is 9.88 Å². The molecule has 1 aliphatic rings. The lowest BCUT2D eigenvalue weighted by Gasteiger charge is -2.22. The van der Waals surface area contributed by atoms with E-state index < -0.39 is 0 Å². The summed E-state index contributed by atoms with van der Waals surface area (Å²) in [4.78, 5) is 22.3. The molecule has 0 unspecified atom stereocenters. The van der Waals surface area contributed by atoms with Crippen LogP contribution in [0.15, 0.2) is 47.9 Å². The number of amides is 1. The van der Waals surface area contributed by atoms with Crippen molar-refractivity contribution in [2.75, 3.05) is 0 Å². The van der Waals surface area contributed by atoms with Crippen molar-refractivity contribution in [3.05, 3.63) is 53.9 Å². The average Bonchev–Trinajstić information content (AvgIpc) is 3.36. The first-order chi connectivity index (χ1) is 14.2. The minimum absolute atomic E-state index is 0.0970. The molecule has 1 atom stereocenters. The van der Waals surface area contributed by atoms with Gasteiger partial charge in [-0.25, -0.2) is 4.98 Å². The third-order valence-corrected chi connectivity index (χ3v) is 6.67. The maximum Gasteiger partial charge on any atom is 0.243 e. The fraction of sp³-hybridized carbons (Fsp3) is 0.435. The second kappa shape index (κ2) is 8.99. The summed E-state index contributed by atoms with van der Waals surface area (Å²) in [6, 6.07) is 10.5. The van der Waals surface area contributed by atoms with E-state index >= 15 is 0 Å². The number of rotatable bonds is 7. The van der Waals surface area contributed by atoms with E-state index in [-0.39, 0.29) is 11.9 Å². The molecule has 29 heavy (non-hydrogen) atoms. The number of benzene rings is 1. The van der Waals surface area contributed by atoms with Crippen LogP contribution in [0.2, 0.25) is 0 Å². The predicted molar refractivity (Wildman–Crippen MR) is 118 cm³/mol. The molecule has 2 heterocycles. The molecule has 0 spiro atoms. The molecule has 152 valence electrons. The van der Waals surface area contributed by atoms with Gasteiger partial charge in [0.05, 0.1) is 17.2 Å². The van der Waals surface area contributed by atoms with Gasteiger partial charge in [-0.15, -0.1) is 0 Å². The zero-order valence-electron chi connectivity index (χ0n) is 17.1. The molecule has 6 heteroatoms. The van der Waals surface area contributed by atoms with E-state index in [0.717, 1.165) is 41.2 Å². The number of carbonyl (C=O) groups is 1. The van der Waals surface area contributed by atoms with Crippen molar-refractivity contribution >= 4 is 28.7 Å². The number of aryl methyl sites for hydroxylation is 1. The third-order valence-electron chi connectivity index (χ3n) is 5.65. The van der Waals surface area contributed by atoms with E-state index in [9.17, 15) is 4.79 Å². The van der Waals surface area contributed by atoms with Crippen LogP contribution in [-0.2, 0) is 10.5 Å². The Kier molecular flexibility index (Phi) is 6.19. The maximum atomic E-state index is 13.1. The Bertz CT molecular complexity index is 976. The number of thioether (sulfide) groups is 1. The minimum atomic E-state index is -0.273. The molecule has 5 nitrogen and oxygen atoms in total. The molecule has 4 rings (SSSR count). The quantitative estimate of drug-likeness (QED) is 0.556. The van der Waals surface area contributed by atoms with Gasteiger partial charge in [-0.1, -0.05) is 61.4 Å². The van der Waals surface area contributed by atoms with Gasteiger partial charge in [0, 0.05) is 18.0 Å². The molecule has 1 N–H and O–H groups in total. The molecular weight excluding hydrogens is 380 g/mol. The van der Waals surface area contributed by atoms with Crippen molar-refractivity contribution in [1.82, 2.24) is 19.9 Å². The minimum Gasteiger partial charge on any atom is -0.352 e. The Balaban J connectivity index is 1.62. The number of nitrogens with one attached hydrogen (secondary N) is 1. The first kappa shape index (κ1) is 20.0. The van der Waals surface area contributed by atoms with Gasteiger partial charge in [0.2, 0.25) is 5.91 Å². The summed E-state index contributed by atoms with van der Waals surface area (Å²) in [6.45, 7) is 4.16. The van der Waals surface area contributed by atoms with Crippen molar-refractivity contribution in [2.24, 2.45) is 0 Å². The van der Waals surface area contributed by atoms with Crippen LogP contribution in [0.4, 0.5) is 0 Å². The summed E-state index contributed by atoms with van der Waals surface area (Å²) in [5, 5.41) is 4.15. The summed E-state index contributed by atoms with van der Waals surface area (Å²) in [5.74, 6) is 0.914. The molecule has 1 saturated carbocycles. The van der Waals surface area contributed by atoms with Crippen molar-refractivity contribution in [2.45, 2.75) is 68.9 Å². The van der Waals surface area contributed by atoms with Crippen LogP contribution < -0.4 is 5.32 Å². The summed E-state index contributed by atoms with van der Waals surface area (Å²) < 4.78 is 2.09. The highest BCUT2D eigenvalue weighted by Gasteiger charge is 2.27. The molecule has 1 fully saturated rings. The lowest BCUT2D eigenvalue weighted by atomic mass is 10.1. The van der Waals surface area contributed by atoms with Crippen LogP contribution in [0.1, 0.15) is 56.2 Å². The first-order valence-electron chi connectivity index (χ1n) is 10.5. The molecular formula is C23H28N4OS. The highest BCUT2D eigenvalue weighted by Crippen LogP contribution is 2.31. The molecule has 0 radical (unpaired) electrons. The summed E-state index contributed by atoms with van der Waals surface area (Å²) in [7, 11) is 0. The standard InChI is InChI=1S/C23H28N4OS/c1-3-20(22(28)25-18-6-4-5-7-18)27-21-14-24-13-12-19(21)26-23(27)29-15-17-10-8-16(2)9-11-17/h8-14,18,20H,3-7,15H2,1-2H3,(H,25,28)/t20-/m0/s1.